The third-order valence-electron chi connectivity index (χ3n) is 7.74. The van der Waals surface area contributed by atoms with E-state index in [1.165, 1.54) is 6.20 Å². The number of fused-ring (bicyclic) bond motifs is 1. The van der Waals surface area contributed by atoms with Gasteiger partial charge in [-0.3, -0.25) is 19.6 Å². The SMILES string of the molecule is NC(N)=NCCCC1NC(CNC(=O)c2cnc3ccccc3n2)CCN(CC(c2ccccc2)c2ccccc2)C1=O. The van der Waals surface area contributed by atoms with Crippen LogP contribution in [0.4, 0.5) is 0 Å². The summed E-state index contributed by atoms with van der Waals surface area (Å²) in [6.45, 7) is 1.89. The minimum absolute atomic E-state index is 0.0244. The lowest BCUT2D eigenvalue weighted by Crippen LogP contribution is -2.49. The van der Waals surface area contributed by atoms with Gasteiger partial charge >= 0.3 is 0 Å². The van der Waals surface area contributed by atoms with E-state index in [2.05, 4.69) is 49.9 Å². The quantitative estimate of drug-likeness (QED) is 0.121. The van der Waals surface area contributed by atoms with Crippen LogP contribution in [-0.2, 0) is 4.79 Å². The monoisotopic (exact) mass is 578 g/mol. The maximum Gasteiger partial charge on any atom is 0.271 e. The minimum Gasteiger partial charge on any atom is -0.370 e. The Hall–Kier alpha value is -4.83. The lowest BCUT2D eigenvalue weighted by Gasteiger charge is -2.29. The normalized spacial score (nSPS) is 17.0. The maximum atomic E-state index is 14.0. The molecule has 10 nitrogen and oxygen atoms in total. The van der Waals surface area contributed by atoms with E-state index in [-0.39, 0.29) is 35.4 Å². The van der Waals surface area contributed by atoms with Crippen molar-refractivity contribution in [2.45, 2.75) is 37.3 Å². The van der Waals surface area contributed by atoms with Crippen LogP contribution < -0.4 is 22.1 Å². The molecular formula is C33H38N8O2. The first-order valence-electron chi connectivity index (χ1n) is 14.7. The number of guanidine groups is 1. The Morgan fingerprint density at radius 2 is 1.63 bits per heavy atom. The Kier molecular flexibility index (Phi) is 9.91. The molecule has 0 aliphatic carbocycles. The molecular weight excluding hydrogens is 540 g/mol. The number of aromatic nitrogens is 2. The van der Waals surface area contributed by atoms with Gasteiger partial charge < -0.3 is 27.0 Å². The molecule has 1 aliphatic rings. The summed E-state index contributed by atoms with van der Waals surface area (Å²) in [6.07, 6.45) is 3.37. The van der Waals surface area contributed by atoms with Crippen LogP contribution in [0.1, 0.15) is 46.8 Å². The molecule has 2 heterocycles. The third-order valence-corrected chi connectivity index (χ3v) is 7.74. The first-order valence-corrected chi connectivity index (χ1v) is 14.7. The molecule has 0 saturated carbocycles. The molecule has 1 saturated heterocycles. The van der Waals surface area contributed by atoms with Crippen LogP contribution in [0.2, 0.25) is 0 Å². The van der Waals surface area contributed by atoms with Crippen molar-refractivity contribution in [3.05, 3.63) is 108 Å². The first-order chi connectivity index (χ1) is 21.0. The van der Waals surface area contributed by atoms with Crippen molar-refractivity contribution in [3.63, 3.8) is 0 Å². The van der Waals surface area contributed by atoms with E-state index in [9.17, 15) is 9.59 Å². The smallest absolute Gasteiger partial charge is 0.271 e. The van der Waals surface area contributed by atoms with Crippen molar-refractivity contribution >= 4 is 28.8 Å². The van der Waals surface area contributed by atoms with E-state index >= 15 is 0 Å². The number of hydrogen-bond donors (Lipinski definition) is 4. The van der Waals surface area contributed by atoms with Crippen LogP contribution in [-0.4, -0.2) is 70.9 Å². The van der Waals surface area contributed by atoms with Crippen LogP contribution in [0.5, 0.6) is 0 Å². The Bertz CT molecular complexity index is 1500. The standard InChI is InChI=1S/C33H38N8O2/c34-33(35)36-18-9-16-29-32(43)41(22-26(23-10-3-1-4-11-23)24-12-5-2-6-13-24)19-17-25(39-29)20-38-31(42)30-21-37-27-14-7-8-15-28(27)40-30/h1-8,10-15,21,25-26,29,39H,9,16-20,22H2,(H,38,42)(H4,34,35,36). The summed E-state index contributed by atoms with van der Waals surface area (Å²) < 4.78 is 0. The summed E-state index contributed by atoms with van der Waals surface area (Å²) >= 11 is 0. The van der Waals surface area contributed by atoms with Crippen molar-refractivity contribution in [2.75, 3.05) is 26.2 Å². The Balaban J connectivity index is 1.31. The molecule has 0 bridgehead atoms. The number of nitrogens with two attached hydrogens (primary N) is 2. The van der Waals surface area contributed by atoms with Crippen LogP contribution in [0.15, 0.2) is 96.1 Å². The van der Waals surface area contributed by atoms with Crippen LogP contribution in [0, 0.1) is 0 Å². The summed E-state index contributed by atoms with van der Waals surface area (Å²) in [6, 6.07) is 27.4. The first kappa shape index (κ1) is 29.7. The number of rotatable bonds is 11. The molecule has 222 valence electrons. The lowest BCUT2D eigenvalue weighted by atomic mass is 9.90. The number of carbonyl (C=O) groups excluding carboxylic acids is 2. The summed E-state index contributed by atoms with van der Waals surface area (Å²) in [5.41, 5.74) is 15.0. The molecule has 0 radical (unpaired) electrons. The van der Waals surface area contributed by atoms with Gasteiger partial charge in [-0.1, -0.05) is 72.8 Å². The van der Waals surface area contributed by atoms with E-state index in [1.54, 1.807) is 0 Å². The maximum absolute atomic E-state index is 14.0. The highest BCUT2D eigenvalue weighted by Gasteiger charge is 2.32. The molecule has 5 rings (SSSR count). The highest BCUT2D eigenvalue weighted by Crippen LogP contribution is 2.27. The van der Waals surface area contributed by atoms with Crippen molar-refractivity contribution in [1.29, 1.82) is 0 Å². The number of aliphatic imine (C=N–C) groups is 1. The van der Waals surface area contributed by atoms with Crippen molar-refractivity contribution in [1.82, 2.24) is 25.5 Å². The fraction of sp³-hybridized carbons (Fsp3) is 0.303. The molecule has 43 heavy (non-hydrogen) atoms. The number of carbonyl (C=O) groups is 2. The second-order valence-electron chi connectivity index (χ2n) is 10.8. The predicted molar refractivity (Wildman–Crippen MR) is 168 cm³/mol. The molecule has 10 heteroatoms. The van der Waals surface area contributed by atoms with Crippen LogP contribution in [0.25, 0.3) is 11.0 Å². The van der Waals surface area contributed by atoms with E-state index in [1.807, 2.05) is 65.6 Å². The highest BCUT2D eigenvalue weighted by molar-refractivity contribution is 5.93. The average molecular weight is 579 g/mol. The molecule has 2 unspecified atom stereocenters. The second kappa shape index (κ2) is 14.4. The topological polar surface area (TPSA) is 152 Å². The number of hydrogen-bond acceptors (Lipinski definition) is 6. The van der Waals surface area contributed by atoms with Gasteiger partial charge in [-0.25, -0.2) is 4.98 Å². The van der Waals surface area contributed by atoms with Gasteiger partial charge in [0.25, 0.3) is 5.91 Å². The van der Waals surface area contributed by atoms with E-state index in [0.29, 0.717) is 51.0 Å². The molecule has 1 aliphatic heterocycles. The van der Waals surface area contributed by atoms with Gasteiger partial charge in [0.2, 0.25) is 5.91 Å². The third kappa shape index (κ3) is 7.92. The van der Waals surface area contributed by atoms with Crippen LogP contribution >= 0.6 is 0 Å². The zero-order chi connectivity index (χ0) is 30.0. The van der Waals surface area contributed by atoms with Gasteiger partial charge in [0.05, 0.1) is 23.3 Å². The molecule has 2 atom stereocenters. The van der Waals surface area contributed by atoms with E-state index in [4.69, 9.17) is 11.5 Å². The summed E-state index contributed by atoms with van der Waals surface area (Å²) in [5, 5.41) is 6.52. The fourth-order valence-electron chi connectivity index (χ4n) is 5.50. The number of amides is 2. The lowest BCUT2D eigenvalue weighted by molar-refractivity contribution is -0.133. The summed E-state index contributed by atoms with van der Waals surface area (Å²) in [7, 11) is 0. The Morgan fingerprint density at radius 3 is 2.30 bits per heavy atom. The number of para-hydroxylation sites is 2. The molecule has 1 fully saturated rings. The van der Waals surface area contributed by atoms with Gasteiger partial charge in [-0.05, 0) is 42.5 Å². The van der Waals surface area contributed by atoms with E-state index < -0.39 is 6.04 Å². The average Bonchev–Trinajstić information content (AvgIpc) is 3.19. The van der Waals surface area contributed by atoms with Gasteiger partial charge in [-0.2, -0.15) is 0 Å². The zero-order valence-corrected chi connectivity index (χ0v) is 24.1. The molecule has 3 aromatic carbocycles. The Labute approximate surface area is 251 Å². The van der Waals surface area contributed by atoms with E-state index in [0.717, 1.165) is 16.6 Å². The van der Waals surface area contributed by atoms with Gasteiger partial charge in [0.15, 0.2) is 5.96 Å². The second-order valence-corrected chi connectivity index (χ2v) is 10.8. The number of benzene rings is 3. The molecule has 6 N–H and O–H groups in total. The molecule has 4 aromatic rings. The van der Waals surface area contributed by atoms with Gasteiger partial charge in [0.1, 0.15) is 5.69 Å². The van der Waals surface area contributed by atoms with Gasteiger partial charge in [0, 0.05) is 38.1 Å². The van der Waals surface area contributed by atoms with Crippen molar-refractivity contribution in [2.24, 2.45) is 16.5 Å². The molecule has 2 amide bonds. The highest BCUT2D eigenvalue weighted by atomic mass is 16.2. The summed E-state index contributed by atoms with van der Waals surface area (Å²) in [4.78, 5) is 41.8. The van der Waals surface area contributed by atoms with Crippen molar-refractivity contribution < 1.29 is 9.59 Å². The van der Waals surface area contributed by atoms with Gasteiger partial charge in [-0.15, -0.1) is 0 Å². The minimum atomic E-state index is -0.439. The summed E-state index contributed by atoms with van der Waals surface area (Å²) in [5.74, 6) is -0.204. The number of nitrogens with zero attached hydrogens (tertiary/aromatic N) is 4. The Morgan fingerprint density at radius 1 is 0.977 bits per heavy atom. The van der Waals surface area contributed by atoms with Crippen LogP contribution in [0.3, 0.4) is 0 Å². The zero-order valence-electron chi connectivity index (χ0n) is 24.1. The fourth-order valence-corrected chi connectivity index (χ4v) is 5.50. The molecule has 1 aromatic heterocycles. The molecule has 0 spiro atoms. The van der Waals surface area contributed by atoms with Crippen molar-refractivity contribution in [3.8, 4) is 0 Å². The number of nitrogens with one attached hydrogen (secondary N) is 2. The predicted octanol–water partition coefficient (Wildman–Crippen LogP) is 2.80. The largest absolute Gasteiger partial charge is 0.370 e.